The maximum atomic E-state index is 5.96. The fourth-order valence-corrected chi connectivity index (χ4v) is 2.61. The van der Waals surface area contributed by atoms with Crippen LogP contribution < -0.4 is 10.5 Å². The zero-order valence-corrected chi connectivity index (χ0v) is 12.7. The van der Waals surface area contributed by atoms with E-state index in [1.165, 1.54) is 0 Å². The summed E-state index contributed by atoms with van der Waals surface area (Å²) in [6.45, 7) is 2.66. The molecular formula is C14H14IN3O. The van der Waals surface area contributed by atoms with Crippen molar-refractivity contribution in [3.63, 3.8) is 0 Å². The first-order chi connectivity index (χ1) is 9.16. The van der Waals surface area contributed by atoms with Crippen LogP contribution in [0.3, 0.4) is 0 Å². The molecule has 1 aliphatic heterocycles. The Morgan fingerprint density at radius 1 is 1.32 bits per heavy atom. The van der Waals surface area contributed by atoms with E-state index in [0.29, 0.717) is 12.4 Å². The van der Waals surface area contributed by atoms with E-state index in [0.717, 1.165) is 32.8 Å². The van der Waals surface area contributed by atoms with E-state index in [2.05, 4.69) is 38.6 Å². The maximum Gasteiger partial charge on any atom is 0.140 e. The fraction of sp³-hybridized carbons (Fsp3) is 0.286. The van der Waals surface area contributed by atoms with Crippen molar-refractivity contribution < 1.29 is 4.74 Å². The lowest BCUT2D eigenvalue weighted by Gasteiger charge is -2.25. The molecule has 2 N–H and O–H groups in total. The van der Waals surface area contributed by atoms with Crippen LogP contribution in [-0.2, 0) is 0 Å². The average Bonchev–Trinajstić information content (AvgIpc) is 2.43. The molecule has 0 spiro atoms. The van der Waals surface area contributed by atoms with Gasteiger partial charge in [-0.2, -0.15) is 0 Å². The Morgan fingerprint density at radius 2 is 2.11 bits per heavy atom. The van der Waals surface area contributed by atoms with E-state index in [4.69, 9.17) is 10.5 Å². The monoisotopic (exact) mass is 367 g/mol. The Morgan fingerprint density at radius 3 is 2.89 bits per heavy atom. The topological polar surface area (TPSA) is 61.0 Å². The molecule has 19 heavy (non-hydrogen) atoms. The zero-order chi connectivity index (χ0) is 13.4. The molecule has 4 nitrogen and oxygen atoms in total. The van der Waals surface area contributed by atoms with Crippen LogP contribution in [0, 0.1) is 10.5 Å². The predicted octanol–water partition coefficient (Wildman–Crippen LogP) is 2.89. The zero-order valence-electron chi connectivity index (χ0n) is 10.6. The average molecular weight is 367 g/mol. The van der Waals surface area contributed by atoms with E-state index < -0.39 is 0 Å². The van der Waals surface area contributed by atoms with Crippen LogP contribution in [-0.4, -0.2) is 16.6 Å². The fourth-order valence-electron chi connectivity index (χ4n) is 2.37. The summed E-state index contributed by atoms with van der Waals surface area (Å²) in [6, 6.07) is 8.06. The van der Waals surface area contributed by atoms with Crippen molar-refractivity contribution in [3.05, 3.63) is 44.9 Å². The third-order valence-corrected chi connectivity index (χ3v) is 4.66. The minimum Gasteiger partial charge on any atom is -0.493 e. The largest absolute Gasteiger partial charge is 0.493 e. The molecule has 0 aliphatic carbocycles. The highest BCUT2D eigenvalue weighted by Gasteiger charge is 2.25. The van der Waals surface area contributed by atoms with Gasteiger partial charge in [0.25, 0.3) is 0 Å². The van der Waals surface area contributed by atoms with Gasteiger partial charge in [0.05, 0.1) is 21.8 Å². The SMILES string of the molecule is Cc1nc(C2CCOc3ccccc32)nc(N)c1I. The molecule has 1 aliphatic rings. The van der Waals surface area contributed by atoms with Gasteiger partial charge in [-0.05, 0) is 42.0 Å². The number of nitrogen functional groups attached to an aromatic ring is 1. The minimum atomic E-state index is 0.169. The Hall–Kier alpha value is -1.37. The molecule has 1 aromatic carbocycles. The van der Waals surface area contributed by atoms with E-state index >= 15 is 0 Å². The number of halogens is 1. The molecule has 1 unspecified atom stereocenters. The summed E-state index contributed by atoms with van der Waals surface area (Å²) in [5.41, 5.74) is 8.04. The number of anilines is 1. The van der Waals surface area contributed by atoms with Crippen LogP contribution in [0.25, 0.3) is 0 Å². The molecule has 5 heteroatoms. The van der Waals surface area contributed by atoms with Gasteiger partial charge < -0.3 is 10.5 Å². The number of hydrogen-bond acceptors (Lipinski definition) is 4. The summed E-state index contributed by atoms with van der Waals surface area (Å²) >= 11 is 2.18. The van der Waals surface area contributed by atoms with Gasteiger partial charge in [-0.15, -0.1) is 0 Å². The number of ether oxygens (including phenoxy) is 1. The van der Waals surface area contributed by atoms with E-state index in [1.54, 1.807) is 0 Å². The van der Waals surface area contributed by atoms with Gasteiger partial charge in [-0.3, -0.25) is 0 Å². The molecule has 0 saturated carbocycles. The molecule has 3 rings (SSSR count). The van der Waals surface area contributed by atoms with Crippen molar-refractivity contribution in [3.8, 4) is 5.75 Å². The molecule has 0 fully saturated rings. The Balaban J connectivity index is 2.09. The smallest absolute Gasteiger partial charge is 0.140 e. The number of nitrogens with zero attached hydrogens (tertiary/aromatic N) is 2. The predicted molar refractivity (Wildman–Crippen MR) is 82.3 cm³/mol. The Bertz CT molecular complexity index is 607. The quantitative estimate of drug-likeness (QED) is 0.788. The molecule has 1 aromatic heterocycles. The van der Waals surface area contributed by atoms with Gasteiger partial charge in [0.2, 0.25) is 0 Å². The van der Waals surface area contributed by atoms with E-state index in [9.17, 15) is 0 Å². The first-order valence-electron chi connectivity index (χ1n) is 6.18. The normalized spacial score (nSPS) is 17.7. The maximum absolute atomic E-state index is 5.96. The highest BCUT2D eigenvalue weighted by Crippen LogP contribution is 2.37. The molecule has 2 heterocycles. The van der Waals surface area contributed by atoms with Gasteiger partial charge in [0.1, 0.15) is 17.4 Å². The number of rotatable bonds is 1. The van der Waals surface area contributed by atoms with Crippen molar-refractivity contribution in [2.75, 3.05) is 12.3 Å². The Kier molecular flexibility index (Phi) is 3.30. The van der Waals surface area contributed by atoms with Crippen LogP contribution in [0.1, 0.15) is 29.4 Å². The second kappa shape index (κ2) is 4.96. The Labute approximate surface area is 125 Å². The molecule has 0 amide bonds. The summed E-state index contributed by atoms with van der Waals surface area (Å²) in [5, 5.41) is 0. The number of nitrogens with two attached hydrogens (primary N) is 1. The first kappa shape index (κ1) is 12.7. The van der Waals surface area contributed by atoms with Gasteiger partial charge in [0.15, 0.2) is 0 Å². The highest BCUT2D eigenvalue weighted by atomic mass is 127. The highest BCUT2D eigenvalue weighted by molar-refractivity contribution is 14.1. The van der Waals surface area contributed by atoms with Crippen LogP contribution in [0.4, 0.5) is 5.82 Å². The molecule has 2 aromatic rings. The summed E-state index contributed by atoms with van der Waals surface area (Å²) in [6.07, 6.45) is 0.885. The van der Waals surface area contributed by atoms with E-state index in [1.807, 2.05) is 25.1 Å². The number of aromatic nitrogens is 2. The lowest BCUT2D eigenvalue weighted by atomic mass is 9.92. The molecule has 0 saturated heterocycles. The first-order valence-corrected chi connectivity index (χ1v) is 7.26. The summed E-state index contributed by atoms with van der Waals surface area (Å²) in [4.78, 5) is 9.06. The van der Waals surface area contributed by atoms with Gasteiger partial charge in [0, 0.05) is 5.56 Å². The summed E-state index contributed by atoms with van der Waals surface area (Å²) < 4.78 is 6.60. The van der Waals surface area contributed by atoms with Crippen LogP contribution >= 0.6 is 22.6 Å². The van der Waals surface area contributed by atoms with Crippen molar-refractivity contribution >= 4 is 28.4 Å². The number of para-hydroxylation sites is 1. The van der Waals surface area contributed by atoms with Crippen molar-refractivity contribution in [2.24, 2.45) is 0 Å². The number of fused-ring (bicyclic) bond motifs is 1. The van der Waals surface area contributed by atoms with Crippen LogP contribution in [0.5, 0.6) is 5.75 Å². The van der Waals surface area contributed by atoms with Gasteiger partial charge in [-0.1, -0.05) is 18.2 Å². The number of aryl methyl sites for hydroxylation is 1. The third kappa shape index (κ3) is 2.27. The lowest BCUT2D eigenvalue weighted by Crippen LogP contribution is -2.18. The minimum absolute atomic E-state index is 0.169. The summed E-state index contributed by atoms with van der Waals surface area (Å²) in [7, 11) is 0. The standard InChI is InChI=1S/C14H14IN3O/c1-8-12(15)13(16)18-14(17-8)10-6-7-19-11-5-3-2-4-9(10)11/h2-5,10H,6-7H2,1H3,(H2,16,17,18). The number of hydrogen-bond donors (Lipinski definition) is 1. The molecular weight excluding hydrogens is 353 g/mol. The number of benzene rings is 1. The van der Waals surface area contributed by atoms with Gasteiger partial charge >= 0.3 is 0 Å². The lowest BCUT2D eigenvalue weighted by molar-refractivity contribution is 0.274. The second-order valence-corrected chi connectivity index (χ2v) is 5.67. The van der Waals surface area contributed by atoms with Crippen LogP contribution in [0.15, 0.2) is 24.3 Å². The van der Waals surface area contributed by atoms with Crippen molar-refractivity contribution in [2.45, 2.75) is 19.3 Å². The molecule has 0 radical (unpaired) electrons. The molecule has 0 bridgehead atoms. The summed E-state index contributed by atoms with van der Waals surface area (Å²) in [5.74, 6) is 2.46. The van der Waals surface area contributed by atoms with Crippen molar-refractivity contribution in [1.82, 2.24) is 9.97 Å². The third-order valence-electron chi connectivity index (χ3n) is 3.33. The molecule has 1 atom stereocenters. The van der Waals surface area contributed by atoms with Crippen molar-refractivity contribution in [1.29, 1.82) is 0 Å². The van der Waals surface area contributed by atoms with E-state index in [-0.39, 0.29) is 5.92 Å². The van der Waals surface area contributed by atoms with Gasteiger partial charge in [-0.25, -0.2) is 9.97 Å². The molecule has 98 valence electrons. The van der Waals surface area contributed by atoms with Crippen LogP contribution in [0.2, 0.25) is 0 Å². The second-order valence-electron chi connectivity index (χ2n) is 4.59.